The van der Waals surface area contributed by atoms with Crippen molar-refractivity contribution in [3.8, 4) is 69.3 Å². The van der Waals surface area contributed by atoms with Gasteiger partial charge in [-0.05, 0) is 342 Å². The number of aromatic nitrogens is 6. The van der Waals surface area contributed by atoms with Crippen molar-refractivity contribution in [1.82, 2.24) is 27.4 Å². The molecule has 22 aromatic rings. The molecule has 6 aromatic heterocycles. The number of hydrogen-bond acceptors (Lipinski definition) is 2. The summed E-state index contributed by atoms with van der Waals surface area (Å²) >= 11 is 0. The van der Waals surface area contributed by atoms with Gasteiger partial charge in [0.05, 0.1) is 90.5 Å². The molecule has 0 amide bonds. The van der Waals surface area contributed by atoms with Crippen LogP contribution in [0, 0.1) is 23.7 Å². The van der Waals surface area contributed by atoms with Crippen LogP contribution in [0.5, 0.6) is 11.5 Å². The first-order valence-electron chi connectivity index (χ1n) is 55.0. The first-order valence-corrected chi connectivity index (χ1v) is 55.0. The molecule has 756 valence electrons. The minimum atomic E-state index is -0.0379. The lowest BCUT2D eigenvalue weighted by molar-refractivity contribution is 0.303. The van der Waals surface area contributed by atoms with E-state index in [4.69, 9.17) is 9.47 Å². The molecule has 0 N–H and O–H groups in total. The second kappa shape index (κ2) is 37.2. The van der Waals surface area contributed by atoms with Gasteiger partial charge >= 0.3 is 0 Å². The molecule has 0 unspecified atom stereocenters. The van der Waals surface area contributed by atoms with Gasteiger partial charge in [0, 0.05) is 110 Å². The number of fused-ring (bicyclic) bond motifs is 19. The van der Waals surface area contributed by atoms with Gasteiger partial charge < -0.3 is 36.9 Å². The van der Waals surface area contributed by atoms with Gasteiger partial charge in [0.2, 0.25) is 0 Å². The maximum Gasteiger partial charge on any atom is 0.135 e. The summed E-state index contributed by atoms with van der Waals surface area (Å²) in [5.74, 6) is 16.6. The summed E-state index contributed by atoms with van der Waals surface area (Å²) in [6.45, 7) is 61.4. The van der Waals surface area contributed by atoms with Crippen LogP contribution >= 0.6 is 0 Å². The Hall–Kier alpha value is -14.7. The van der Waals surface area contributed by atoms with Gasteiger partial charge in [-0.3, -0.25) is 0 Å². The van der Waals surface area contributed by atoms with Gasteiger partial charge in [0.15, 0.2) is 0 Å². The van der Waals surface area contributed by atoms with E-state index in [1.54, 1.807) is 0 Å². The Bertz CT molecular complexity index is 8140. The maximum absolute atomic E-state index is 6.97. The first-order chi connectivity index (χ1) is 71.3. The fourth-order valence-electron chi connectivity index (χ4n) is 22.9. The van der Waals surface area contributed by atoms with Crippen LogP contribution in [0.1, 0.15) is 298 Å². The topological polar surface area (TPSA) is 48.0 Å². The van der Waals surface area contributed by atoms with Crippen molar-refractivity contribution in [2.75, 3.05) is 13.2 Å². The van der Waals surface area contributed by atoms with Crippen LogP contribution in [-0.4, -0.2) is 40.6 Å². The van der Waals surface area contributed by atoms with E-state index < -0.39 is 0 Å². The zero-order valence-electron chi connectivity index (χ0n) is 93.3. The van der Waals surface area contributed by atoms with Crippen LogP contribution < -0.4 is 9.47 Å². The second-order valence-electron chi connectivity index (χ2n) is 51.1. The van der Waals surface area contributed by atoms with Crippen molar-refractivity contribution < 1.29 is 9.47 Å². The Balaban J connectivity index is 0.679. The zero-order valence-corrected chi connectivity index (χ0v) is 93.3. The lowest BCUT2D eigenvalue weighted by Crippen LogP contribution is -2.10. The van der Waals surface area contributed by atoms with Crippen LogP contribution in [0.3, 0.4) is 0 Å². The summed E-state index contributed by atoms with van der Waals surface area (Å²) in [4.78, 5) is 0. The number of benzene rings is 16. The third kappa shape index (κ3) is 18.3. The van der Waals surface area contributed by atoms with E-state index in [0.717, 1.165) is 174 Å². The molecule has 150 heavy (non-hydrogen) atoms. The largest absolute Gasteiger partial charge is 0.492 e. The van der Waals surface area contributed by atoms with Crippen LogP contribution in [0.2, 0.25) is 0 Å². The number of hydrogen-bond donors (Lipinski definition) is 0. The molecular weight excluding hydrogens is 1820 g/mol. The fourth-order valence-corrected chi connectivity index (χ4v) is 22.9. The predicted octanol–water partition coefficient (Wildman–Crippen LogP) is 38.5. The standard InChI is InChI=1S/C142H146N6O2/c1-27-29-31-33-69-149-133-75-94-76-134(150-70-34-32-30-28-2)92(44-42-90-38-36-40-104(72-90)144-131-67-55-107(147-125-61-49-99(139(15,16)17)81-113(125)114-82-100(140(18,19)20)50-62-126(114)147)87-119(131)120-88-108(56-68-132(120)144)148-127-63-51-101(141(21,22)23)83-115(127)116-84-102(142(24,25)26)52-64-128(116)148)74-93(94)73-91(133)43-41-89-37-35-39-103(71-89)143-129-65-53-105(145-121-57-45-95(135(3,4)5)77-109(121)110-78-96(136(6,7)8)46-58-122(110)145)85-117(129)118-86-106(54-66-130(118)143)146-123-59-47-97(137(9,10)11)79-111(123)112-80-98(138(12,13)14)48-60-124(112)146/h35-40,45-68,71-88H,27-34,69-70H2,1-26H3. The number of nitrogens with zero attached hydrogens (tertiary/aromatic N) is 6. The molecule has 0 aliphatic heterocycles. The average Bonchev–Trinajstić information content (AvgIpc) is 1.55. The van der Waals surface area contributed by atoms with Crippen LogP contribution in [0.25, 0.3) is 176 Å². The first kappa shape index (κ1) is 99.9. The van der Waals surface area contributed by atoms with Crippen molar-refractivity contribution in [3.63, 3.8) is 0 Å². The average molecular weight is 1970 g/mol. The summed E-state index contributed by atoms with van der Waals surface area (Å²) in [5.41, 5.74) is 34.0. The number of unbranched alkanes of at least 4 members (excludes halogenated alkanes) is 6. The Morgan fingerprint density at radius 3 is 0.587 bits per heavy atom. The van der Waals surface area contributed by atoms with Crippen molar-refractivity contribution in [2.45, 2.75) is 275 Å². The molecule has 8 nitrogen and oxygen atoms in total. The van der Waals surface area contributed by atoms with Gasteiger partial charge in [-0.15, -0.1) is 0 Å². The van der Waals surface area contributed by atoms with E-state index in [1.807, 2.05) is 0 Å². The summed E-state index contributed by atoms with van der Waals surface area (Å²) in [7, 11) is 0. The highest BCUT2D eigenvalue weighted by molar-refractivity contribution is 6.18. The fraction of sp³-hybridized carbons (Fsp3) is 0.310. The summed E-state index contributed by atoms with van der Waals surface area (Å²) in [5, 5.41) is 16.8. The molecule has 0 radical (unpaired) electrons. The lowest BCUT2D eigenvalue weighted by Gasteiger charge is -2.19. The predicted molar refractivity (Wildman–Crippen MR) is 644 cm³/mol. The third-order valence-corrected chi connectivity index (χ3v) is 31.9. The molecule has 16 aromatic carbocycles. The third-order valence-electron chi connectivity index (χ3n) is 31.9. The van der Waals surface area contributed by atoms with Crippen LogP contribution in [0.15, 0.2) is 291 Å². The summed E-state index contributed by atoms with van der Waals surface area (Å²) in [6, 6.07) is 112. The highest BCUT2D eigenvalue weighted by Crippen LogP contribution is 2.49. The van der Waals surface area contributed by atoms with Gasteiger partial charge in [-0.2, -0.15) is 0 Å². The Morgan fingerprint density at radius 2 is 0.380 bits per heavy atom. The molecule has 0 saturated carbocycles. The van der Waals surface area contributed by atoms with Gasteiger partial charge in [-0.1, -0.05) is 303 Å². The van der Waals surface area contributed by atoms with Crippen LogP contribution in [-0.2, 0) is 43.3 Å². The van der Waals surface area contributed by atoms with Gasteiger partial charge in [0.25, 0.3) is 0 Å². The highest BCUT2D eigenvalue weighted by Gasteiger charge is 2.31. The molecule has 22 rings (SSSR count). The molecule has 0 aliphatic rings. The van der Waals surface area contributed by atoms with E-state index in [-0.39, 0.29) is 43.3 Å². The van der Waals surface area contributed by atoms with Crippen molar-refractivity contribution in [3.05, 3.63) is 358 Å². The Labute approximate surface area is 887 Å². The van der Waals surface area contributed by atoms with Gasteiger partial charge in [0.1, 0.15) is 11.5 Å². The quantitative estimate of drug-likeness (QED) is 0.0635. The summed E-state index contributed by atoms with van der Waals surface area (Å²) in [6.07, 6.45) is 8.62. The Morgan fingerprint density at radius 1 is 0.187 bits per heavy atom. The molecule has 0 aliphatic carbocycles. The second-order valence-corrected chi connectivity index (χ2v) is 51.1. The molecule has 0 bridgehead atoms. The van der Waals surface area contributed by atoms with Gasteiger partial charge in [-0.25, -0.2) is 0 Å². The van der Waals surface area contributed by atoms with E-state index >= 15 is 0 Å². The summed E-state index contributed by atoms with van der Waals surface area (Å²) < 4.78 is 28.9. The van der Waals surface area contributed by atoms with E-state index in [9.17, 15) is 0 Å². The van der Waals surface area contributed by atoms with E-state index in [0.29, 0.717) is 13.2 Å². The molecule has 8 heteroatoms. The zero-order chi connectivity index (χ0) is 105. The monoisotopic (exact) mass is 1970 g/mol. The van der Waals surface area contributed by atoms with E-state index in [2.05, 4.69) is 522 Å². The molecule has 0 atom stereocenters. The van der Waals surface area contributed by atoms with Crippen molar-refractivity contribution in [1.29, 1.82) is 0 Å². The SMILES string of the molecule is CCCCCCOc1cc2cc(OCCCCCC)c(C#Cc3cccc(-n4c5ccc(-n6c7ccc(C(C)(C)C)cc7c7cc(C(C)(C)C)ccc76)cc5c5cc(-n6c7ccc(C(C)(C)C)cc7c7cc(C(C)(C)C)ccc76)ccc54)c3)cc2cc1C#Cc1cccc(-n2c3ccc(-n4c5ccc(C(C)(C)C)cc5c5cc(C(C)(C)C)ccc54)cc3c3cc(-n4c5ccc(C(C)(C)C)cc5c5cc(C(C)(C)C)ccc54)ccc32)c1. The molecule has 0 fully saturated rings. The van der Waals surface area contributed by atoms with Crippen molar-refractivity contribution in [2.24, 2.45) is 0 Å². The van der Waals surface area contributed by atoms with Crippen LogP contribution in [0.4, 0.5) is 0 Å². The Kier molecular flexibility index (Phi) is 24.8. The minimum Gasteiger partial charge on any atom is -0.492 e. The maximum atomic E-state index is 6.97. The smallest absolute Gasteiger partial charge is 0.135 e. The number of ether oxygens (including phenoxy) is 2. The minimum absolute atomic E-state index is 0.0379. The normalized spacial score (nSPS) is 12.9. The highest BCUT2D eigenvalue weighted by atomic mass is 16.5. The molecule has 0 spiro atoms. The molecule has 6 heterocycles. The number of rotatable bonds is 18. The molecule has 0 saturated heterocycles. The lowest BCUT2D eigenvalue weighted by atomic mass is 9.85. The molecular formula is C142H146N6O2. The van der Waals surface area contributed by atoms with Crippen molar-refractivity contribution >= 4 is 142 Å². The van der Waals surface area contributed by atoms with E-state index in [1.165, 1.54) is 132 Å².